The van der Waals surface area contributed by atoms with E-state index in [4.69, 9.17) is 5.11 Å². The van der Waals surface area contributed by atoms with Crippen LogP contribution in [-0.2, 0) is 4.79 Å². The van der Waals surface area contributed by atoms with Gasteiger partial charge in [-0.15, -0.1) is 0 Å². The van der Waals surface area contributed by atoms with E-state index in [1.165, 1.54) is 6.07 Å². The monoisotopic (exact) mass is 275 g/mol. The first-order chi connectivity index (χ1) is 7.00. The van der Waals surface area contributed by atoms with Crippen molar-refractivity contribution in [1.82, 2.24) is 5.32 Å². The van der Waals surface area contributed by atoms with Crippen LogP contribution in [0.15, 0.2) is 22.7 Å². The molecule has 0 radical (unpaired) electrons. The predicted molar refractivity (Wildman–Crippen MR) is 58.2 cm³/mol. The van der Waals surface area contributed by atoms with E-state index in [0.29, 0.717) is 4.47 Å². The van der Waals surface area contributed by atoms with Crippen LogP contribution in [0.2, 0.25) is 0 Å². The van der Waals surface area contributed by atoms with Crippen molar-refractivity contribution in [2.24, 2.45) is 0 Å². The van der Waals surface area contributed by atoms with Gasteiger partial charge in [0.25, 0.3) is 0 Å². The quantitative estimate of drug-likeness (QED) is 0.887. The lowest BCUT2D eigenvalue weighted by atomic mass is 10.1. The number of aliphatic carboxylic acids is 1. The number of carboxylic acid groups (broad SMARTS) is 1. The molecule has 82 valence electrons. The van der Waals surface area contributed by atoms with Crippen molar-refractivity contribution in [3.63, 3.8) is 0 Å². The molecule has 0 aliphatic carbocycles. The largest absolute Gasteiger partial charge is 0.480 e. The van der Waals surface area contributed by atoms with E-state index in [1.807, 2.05) is 6.92 Å². The van der Waals surface area contributed by atoms with Crippen LogP contribution in [0.4, 0.5) is 4.39 Å². The molecule has 3 nitrogen and oxygen atoms in total. The van der Waals surface area contributed by atoms with E-state index in [-0.39, 0.29) is 18.4 Å². The third kappa shape index (κ3) is 3.60. The highest BCUT2D eigenvalue weighted by Crippen LogP contribution is 2.20. The van der Waals surface area contributed by atoms with Crippen LogP contribution in [0.25, 0.3) is 0 Å². The normalized spacial score (nSPS) is 12.5. The molecule has 1 rings (SSSR count). The molecule has 1 unspecified atom stereocenters. The second-order valence-electron chi connectivity index (χ2n) is 3.17. The molecule has 0 saturated heterocycles. The van der Waals surface area contributed by atoms with Gasteiger partial charge in [0.15, 0.2) is 0 Å². The van der Waals surface area contributed by atoms with E-state index in [1.54, 1.807) is 12.1 Å². The maximum absolute atomic E-state index is 12.9. The maximum Gasteiger partial charge on any atom is 0.317 e. The van der Waals surface area contributed by atoms with E-state index in [2.05, 4.69) is 21.2 Å². The number of hydrogen-bond donors (Lipinski definition) is 2. The first-order valence-electron chi connectivity index (χ1n) is 4.41. The summed E-state index contributed by atoms with van der Waals surface area (Å²) in [6.07, 6.45) is 0. The summed E-state index contributed by atoms with van der Waals surface area (Å²) < 4.78 is 13.3. The summed E-state index contributed by atoms with van der Waals surface area (Å²) in [5.41, 5.74) is 0.838. The molecule has 15 heavy (non-hydrogen) atoms. The molecule has 1 aromatic carbocycles. The van der Waals surface area contributed by atoms with E-state index in [0.717, 1.165) is 5.56 Å². The molecule has 1 atom stereocenters. The van der Waals surface area contributed by atoms with Crippen molar-refractivity contribution in [1.29, 1.82) is 0 Å². The fourth-order valence-corrected chi connectivity index (χ4v) is 1.54. The molecule has 0 bridgehead atoms. The summed E-state index contributed by atoms with van der Waals surface area (Å²) in [6, 6.07) is 4.48. The van der Waals surface area contributed by atoms with Crippen LogP contribution in [0.5, 0.6) is 0 Å². The molecule has 0 fully saturated rings. The Kier molecular flexibility index (Phi) is 4.23. The number of carboxylic acids is 1. The van der Waals surface area contributed by atoms with Gasteiger partial charge in [0.05, 0.1) is 11.0 Å². The van der Waals surface area contributed by atoms with Crippen LogP contribution in [0.1, 0.15) is 18.5 Å². The number of nitrogens with one attached hydrogen (secondary N) is 1. The highest BCUT2D eigenvalue weighted by molar-refractivity contribution is 9.10. The minimum Gasteiger partial charge on any atom is -0.480 e. The second-order valence-corrected chi connectivity index (χ2v) is 4.02. The number of carbonyl (C=O) groups is 1. The van der Waals surface area contributed by atoms with Crippen molar-refractivity contribution in [2.45, 2.75) is 13.0 Å². The lowest BCUT2D eigenvalue weighted by Crippen LogP contribution is -2.25. The lowest BCUT2D eigenvalue weighted by Gasteiger charge is -2.12. The Hall–Kier alpha value is -0.940. The first kappa shape index (κ1) is 12.1. The number of halogens is 2. The second kappa shape index (κ2) is 5.23. The van der Waals surface area contributed by atoms with Gasteiger partial charge in [-0.25, -0.2) is 4.39 Å². The molecular weight excluding hydrogens is 265 g/mol. The minimum absolute atomic E-state index is 0.115. The van der Waals surface area contributed by atoms with Gasteiger partial charge < -0.3 is 10.4 Å². The summed E-state index contributed by atoms with van der Waals surface area (Å²) >= 11 is 3.08. The van der Waals surface area contributed by atoms with Gasteiger partial charge in [0.1, 0.15) is 5.82 Å². The Morgan fingerprint density at radius 2 is 2.33 bits per heavy atom. The van der Waals surface area contributed by atoms with Gasteiger partial charge in [-0.1, -0.05) is 6.07 Å². The topological polar surface area (TPSA) is 49.3 Å². The fraction of sp³-hybridized carbons (Fsp3) is 0.300. The summed E-state index contributed by atoms with van der Waals surface area (Å²) in [6.45, 7) is 1.71. The van der Waals surface area contributed by atoms with Gasteiger partial charge in [-0.3, -0.25) is 4.79 Å². The summed E-state index contributed by atoms with van der Waals surface area (Å²) in [7, 11) is 0. The summed E-state index contributed by atoms with van der Waals surface area (Å²) in [4.78, 5) is 10.3. The smallest absolute Gasteiger partial charge is 0.317 e. The zero-order chi connectivity index (χ0) is 11.4. The Labute approximate surface area is 95.4 Å². The standard InChI is InChI=1S/C10H11BrFNO2/c1-6(13-5-10(14)15)7-2-3-9(12)8(11)4-7/h2-4,6,13H,5H2,1H3,(H,14,15). The van der Waals surface area contributed by atoms with Gasteiger partial charge in [0, 0.05) is 6.04 Å². The van der Waals surface area contributed by atoms with Crippen molar-refractivity contribution in [2.75, 3.05) is 6.54 Å². The van der Waals surface area contributed by atoms with Crippen LogP contribution < -0.4 is 5.32 Å². The van der Waals surface area contributed by atoms with E-state index in [9.17, 15) is 9.18 Å². The molecule has 0 aromatic heterocycles. The number of benzene rings is 1. The Bertz CT molecular complexity index is 370. The van der Waals surface area contributed by atoms with Crippen LogP contribution in [-0.4, -0.2) is 17.6 Å². The molecule has 5 heteroatoms. The van der Waals surface area contributed by atoms with Crippen molar-refractivity contribution >= 4 is 21.9 Å². The first-order valence-corrected chi connectivity index (χ1v) is 5.20. The molecule has 0 aliphatic heterocycles. The van der Waals surface area contributed by atoms with E-state index < -0.39 is 5.97 Å². The Morgan fingerprint density at radius 3 is 2.87 bits per heavy atom. The van der Waals surface area contributed by atoms with Gasteiger partial charge >= 0.3 is 5.97 Å². The molecule has 0 saturated carbocycles. The zero-order valence-corrected chi connectivity index (χ0v) is 9.71. The Balaban J connectivity index is 2.69. The molecule has 0 amide bonds. The molecule has 2 N–H and O–H groups in total. The molecule has 1 aromatic rings. The van der Waals surface area contributed by atoms with Gasteiger partial charge in [-0.2, -0.15) is 0 Å². The third-order valence-corrected chi connectivity index (χ3v) is 2.61. The van der Waals surface area contributed by atoms with E-state index >= 15 is 0 Å². The summed E-state index contributed by atoms with van der Waals surface area (Å²) in [5, 5.41) is 11.3. The van der Waals surface area contributed by atoms with Crippen LogP contribution >= 0.6 is 15.9 Å². The van der Waals surface area contributed by atoms with Crippen LogP contribution in [0.3, 0.4) is 0 Å². The number of rotatable bonds is 4. The van der Waals surface area contributed by atoms with Crippen molar-refractivity contribution in [3.05, 3.63) is 34.1 Å². The number of hydrogen-bond acceptors (Lipinski definition) is 2. The third-order valence-electron chi connectivity index (χ3n) is 2.00. The molecule has 0 heterocycles. The average Bonchev–Trinajstić information content (AvgIpc) is 2.18. The fourth-order valence-electron chi connectivity index (χ4n) is 1.14. The SMILES string of the molecule is CC(NCC(=O)O)c1ccc(F)c(Br)c1. The molecular formula is C10H11BrFNO2. The maximum atomic E-state index is 12.9. The summed E-state index contributed by atoms with van der Waals surface area (Å²) in [5.74, 6) is -1.24. The highest BCUT2D eigenvalue weighted by Gasteiger charge is 2.08. The Morgan fingerprint density at radius 1 is 1.67 bits per heavy atom. The zero-order valence-electron chi connectivity index (χ0n) is 8.13. The van der Waals surface area contributed by atoms with Crippen molar-refractivity contribution in [3.8, 4) is 0 Å². The van der Waals surface area contributed by atoms with Crippen molar-refractivity contribution < 1.29 is 14.3 Å². The molecule has 0 aliphatic rings. The predicted octanol–water partition coefficient (Wildman–Crippen LogP) is 2.32. The van der Waals surface area contributed by atoms with Crippen LogP contribution in [0, 0.1) is 5.82 Å². The van der Waals surface area contributed by atoms with Gasteiger partial charge in [0.2, 0.25) is 0 Å². The average molecular weight is 276 g/mol. The van der Waals surface area contributed by atoms with Gasteiger partial charge in [-0.05, 0) is 40.5 Å². The minimum atomic E-state index is -0.914. The molecule has 0 spiro atoms. The highest BCUT2D eigenvalue weighted by atomic mass is 79.9. The lowest BCUT2D eigenvalue weighted by molar-refractivity contribution is -0.136.